The number of amides is 1. The fourth-order valence-corrected chi connectivity index (χ4v) is 4.09. The largest absolute Gasteiger partial charge is 0.367 e. The molecule has 1 aromatic rings. The van der Waals surface area contributed by atoms with Crippen LogP contribution in [0.2, 0.25) is 0 Å². The van der Waals surface area contributed by atoms with Crippen molar-refractivity contribution in [2.45, 2.75) is 24.2 Å². The molecule has 1 saturated carbocycles. The number of anilines is 1. The average Bonchev–Trinajstić information content (AvgIpc) is 2.53. The van der Waals surface area contributed by atoms with Gasteiger partial charge in [0.1, 0.15) is 4.90 Å². The van der Waals surface area contributed by atoms with Crippen LogP contribution in [0.15, 0.2) is 29.2 Å². The predicted molar refractivity (Wildman–Crippen MR) is 88.8 cm³/mol. The average molecular weight is 337 g/mol. The molecule has 7 heteroatoms. The number of piperazine rings is 1. The summed E-state index contributed by atoms with van der Waals surface area (Å²) in [5, 5.41) is 0. The van der Waals surface area contributed by atoms with E-state index in [9.17, 15) is 13.2 Å². The number of hydrogen-bond acceptors (Lipinski definition) is 4. The zero-order valence-corrected chi connectivity index (χ0v) is 14.2. The molecular weight excluding hydrogens is 314 g/mol. The van der Waals surface area contributed by atoms with E-state index in [1.54, 1.807) is 12.1 Å². The van der Waals surface area contributed by atoms with Crippen LogP contribution in [-0.4, -0.2) is 52.5 Å². The molecule has 2 aliphatic rings. The zero-order valence-electron chi connectivity index (χ0n) is 13.4. The third kappa shape index (κ3) is 3.21. The lowest BCUT2D eigenvalue weighted by molar-refractivity contribution is -0.138. The van der Waals surface area contributed by atoms with E-state index in [4.69, 9.17) is 0 Å². The summed E-state index contributed by atoms with van der Waals surface area (Å²) >= 11 is 0. The second-order valence-electron chi connectivity index (χ2n) is 6.12. The van der Waals surface area contributed by atoms with Gasteiger partial charge in [0.15, 0.2) is 0 Å². The van der Waals surface area contributed by atoms with Crippen molar-refractivity contribution in [2.24, 2.45) is 5.92 Å². The van der Waals surface area contributed by atoms with Crippen molar-refractivity contribution >= 4 is 21.6 Å². The molecule has 1 aliphatic carbocycles. The maximum absolute atomic E-state index is 12.3. The van der Waals surface area contributed by atoms with Gasteiger partial charge in [-0.1, -0.05) is 18.6 Å². The predicted octanol–water partition coefficient (Wildman–Crippen LogP) is 1.04. The Bertz CT molecular complexity index is 678. The number of carbonyl (C=O) groups excluding carboxylic acids is 1. The summed E-state index contributed by atoms with van der Waals surface area (Å²) in [5.41, 5.74) is 0.706. The number of rotatable bonds is 4. The lowest BCUT2D eigenvalue weighted by Gasteiger charge is -2.39. The molecule has 126 valence electrons. The third-order valence-electron chi connectivity index (χ3n) is 4.81. The highest BCUT2D eigenvalue weighted by Crippen LogP contribution is 2.30. The molecule has 1 N–H and O–H groups in total. The summed E-state index contributed by atoms with van der Waals surface area (Å²) in [7, 11) is -2.07. The minimum Gasteiger partial charge on any atom is -0.367 e. The number of nitrogens with zero attached hydrogens (tertiary/aromatic N) is 2. The lowest BCUT2D eigenvalue weighted by Crippen LogP contribution is -2.51. The van der Waals surface area contributed by atoms with Crippen molar-refractivity contribution in [3.8, 4) is 0 Å². The number of benzene rings is 1. The molecular formula is C16H23N3O3S. The van der Waals surface area contributed by atoms with Gasteiger partial charge in [0.05, 0.1) is 5.69 Å². The van der Waals surface area contributed by atoms with E-state index in [0.29, 0.717) is 36.8 Å². The molecule has 0 aromatic heterocycles. The van der Waals surface area contributed by atoms with Gasteiger partial charge in [-0.05, 0) is 32.0 Å². The zero-order chi connectivity index (χ0) is 16.4. The molecule has 3 rings (SSSR count). The van der Waals surface area contributed by atoms with Crippen molar-refractivity contribution < 1.29 is 13.2 Å². The molecule has 0 spiro atoms. The molecule has 2 fully saturated rings. The van der Waals surface area contributed by atoms with E-state index < -0.39 is 10.0 Å². The van der Waals surface area contributed by atoms with Crippen molar-refractivity contribution in [1.82, 2.24) is 9.62 Å². The van der Waals surface area contributed by atoms with E-state index in [0.717, 1.165) is 19.3 Å². The van der Waals surface area contributed by atoms with Gasteiger partial charge in [0.25, 0.3) is 0 Å². The molecule has 0 atom stereocenters. The smallest absolute Gasteiger partial charge is 0.242 e. The summed E-state index contributed by atoms with van der Waals surface area (Å²) in [6.45, 7) is 2.63. The molecule has 1 saturated heterocycles. The second-order valence-corrected chi connectivity index (χ2v) is 7.97. The Morgan fingerprint density at radius 3 is 2.35 bits per heavy atom. The van der Waals surface area contributed by atoms with Gasteiger partial charge in [0, 0.05) is 32.1 Å². The van der Waals surface area contributed by atoms with Crippen molar-refractivity contribution in [2.75, 3.05) is 38.1 Å². The summed E-state index contributed by atoms with van der Waals surface area (Å²) in [4.78, 5) is 16.6. The fourth-order valence-electron chi connectivity index (χ4n) is 3.14. The van der Waals surface area contributed by atoms with Crippen LogP contribution in [0.3, 0.4) is 0 Å². The van der Waals surface area contributed by atoms with E-state index in [1.165, 1.54) is 7.05 Å². The van der Waals surface area contributed by atoms with Gasteiger partial charge in [-0.2, -0.15) is 0 Å². The van der Waals surface area contributed by atoms with Crippen molar-refractivity contribution in [3.63, 3.8) is 0 Å². The highest BCUT2D eigenvalue weighted by atomic mass is 32.2. The van der Waals surface area contributed by atoms with Crippen molar-refractivity contribution in [1.29, 1.82) is 0 Å². The van der Waals surface area contributed by atoms with E-state index >= 15 is 0 Å². The van der Waals surface area contributed by atoms with Crippen LogP contribution >= 0.6 is 0 Å². The van der Waals surface area contributed by atoms with Crippen LogP contribution in [0.4, 0.5) is 5.69 Å². The maximum atomic E-state index is 12.3. The third-order valence-corrected chi connectivity index (χ3v) is 6.27. The van der Waals surface area contributed by atoms with Crippen LogP contribution in [-0.2, 0) is 14.8 Å². The van der Waals surface area contributed by atoms with Crippen LogP contribution < -0.4 is 9.62 Å². The molecule has 1 aliphatic heterocycles. The Hall–Kier alpha value is -1.60. The van der Waals surface area contributed by atoms with Crippen LogP contribution in [0.5, 0.6) is 0 Å². The number of sulfonamides is 1. The van der Waals surface area contributed by atoms with Gasteiger partial charge < -0.3 is 9.80 Å². The maximum Gasteiger partial charge on any atom is 0.242 e. The van der Waals surface area contributed by atoms with E-state index in [2.05, 4.69) is 9.62 Å². The Morgan fingerprint density at radius 2 is 1.78 bits per heavy atom. The molecule has 6 nitrogen and oxygen atoms in total. The van der Waals surface area contributed by atoms with Gasteiger partial charge in [-0.25, -0.2) is 13.1 Å². The first-order valence-electron chi connectivity index (χ1n) is 8.09. The van der Waals surface area contributed by atoms with E-state index in [1.807, 2.05) is 17.0 Å². The lowest BCUT2D eigenvalue weighted by atomic mass is 9.84. The molecule has 0 unspecified atom stereocenters. The Labute approximate surface area is 137 Å². The number of hydrogen-bond donors (Lipinski definition) is 1. The van der Waals surface area contributed by atoms with Crippen molar-refractivity contribution in [3.05, 3.63) is 24.3 Å². The highest BCUT2D eigenvalue weighted by molar-refractivity contribution is 7.89. The Morgan fingerprint density at radius 1 is 1.13 bits per heavy atom. The molecule has 0 bridgehead atoms. The first-order valence-corrected chi connectivity index (χ1v) is 9.57. The first-order chi connectivity index (χ1) is 11.0. The number of carbonyl (C=O) groups is 1. The molecule has 0 radical (unpaired) electrons. The van der Waals surface area contributed by atoms with Gasteiger partial charge >= 0.3 is 0 Å². The number of nitrogens with one attached hydrogen (secondary N) is 1. The standard InChI is InChI=1S/C16H23N3O3S/c1-17-23(21,22)15-8-3-2-7-14(15)18-9-11-19(12-10-18)16(20)13-5-4-6-13/h2-3,7-8,13,17H,4-6,9-12H2,1H3. The summed E-state index contributed by atoms with van der Waals surface area (Å²) in [6, 6.07) is 7.01. The molecule has 1 heterocycles. The highest BCUT2D eigenvalue weighted by Gasteiger charge is 2.32. The van der Waals surface area contributed by atoms with Crippen LogP contribution in [0.25, 0.3) is 0 Å². The van der Waals surface area contributed by atoms with Crippen LogP contribution in [0, 0.1) is 5.92 Å². The number of para-hydroxylation sites is 1. The Kier molecular flexibility index (Phi) is 4.59. The molecule has 1 aromatic carbocycles. The van der Waals surface area contributed by atoms with E-state index in [-0.39, 0.29) is 11.8 Å². The SMILES string of the molecule is CNS(=O)(=O)c1ccccc1N1CCN(C(=O)C2CCC2)CC1. The quantitative estimate of drug-likeness (QED) is 0.891. The molecule has 23 heavy (non-hydrogen) atoms. The first kappa shape index (κ1) is 16.3. The Balaban J connectivity index is 1.72. The fraction of sp³-hybridized carbons (Fsp3) is 0.562. The summed E-state index contributed by atoms with van der Waals surface area (Å²) in [5.74, 6) is 0.491. The minimum absolute atomic E-state index is 0.221. The van der Waals surface area contributed by atoms with Gasteiger partial charge in [-0.3, -0.25) is 4.79 Å². The molecule has 1 amide bonds. The van der Waals surface area contributed by atoms with Gasteiger partial charge in [0.2, 0.25) is 15.9 Å². The summed E-state index contributed by atoms with van der Waals surface area (Å²) < 4.78 is 26.7. The normalized spacial score (nSPS) is 19.5. The topological polar surface area (TPSA) is 69.7 Å². The monoisotopic (exact) mass is 337 g/mol. The minimum atomic E-state index is -3.49. The van der Waals surface area contributed by atoms with Crippen LogP contribution in [0.1, 0.15) is 19.3 Å². The van der Waals surface area contributed by atoms with Gasteiger partial charge in [-0.15, -0.1) is 0 Å². The second kappa shape index (κ2) is 6.49. The summed E-state index contributed by atoms with van der Waals surface area (Å²) in [6.07, 6.45) is 3.19.